The Labute approximate surface area is 97.7 Å². The van der Waals surface area contributed by atoms with Crippen LogP contribution in [0.25, 0.3) is 11.6 Å². The Morgan fingerprint density at radius 3 is 3.19 bits per heavy atom. The Hall–Kier alpha value is -1.20. The molecule has 0 radical (unpaired) electrons. The highest BCUT2D eigenvalue weighted by Crippen LogP contribution is 2.33. The van der Waals surface area contributed by atoms with Crippen molar-refractivity contribution in [2.24, 2.45) is 5.73 Å². The Kier molecular flexibility index (Phi) is 2.29. The Bertz CT molecular complexity index is 517. The third-order valence-electron chi connectivity index (χ3n) is 2.91. The summed E-state index contributed by atoms with van der Waals surface area (Å²) in [5.74, 6) is 1.47. The molecule has 5 heteroatoms. The van der Waals surface area contributed by atoms with Gasteiger partial charge in [0.05, 0.1) is 6.20 Å². The number of fused-ring (bicyclic) bond motifs is 1. The second-order valence-electron chi connectivity index (χ2n) is 4.21. The van der Waals surface area contributed by atoms with E-state index in [0.717, 1.165) is 30.7 Å². The van der Waals surface area contributed by atoms with Gasteiger partial charge >= 0.3 is 0 Å². The van der Waals surface area contributed by atoms with Gasteiger partial charge in [-0.1, -0.05) is 0 Å². The fraction of sp³-hybridized carbons (Fsp3) is 0.455. The molecule has 0 aliphatic heterocycles. The summed E-state index contributed by atoms with van der Waals surface area (Å²) in [6.45, 7) is 1.89. The second-order valence-corrected chi connectivity index (χ2v) is 5.07. The quantitative estimate of drug-likeness (QED) is 0.820. The average molecular weight is 235 g/mol. The lowest BCUT2D eigenvalue weighted by atomic mass is 9.94. The summed E-state index contributed by atoms with van der Waals surface area (Å²) >= 11 is 1.53. The minimum Gasteiger partial charge on any atom is -0.440 e. The molecule has 0 amide bonds. The van der Waals surface area contributed by atoms with E-state index in [9.17, 15) is 0 Å². The van der Waals surface area contributed by atoms with E-state index in [4.69, 9.17) is 10.2 Å². The topological polar surface area (TPSA) is 64.9 Å². The maximum atomic E-state index is 5.94. The highest BCUT2D eigenvalue weighted by atomic mass is 32.1. The molecule has 84 valence electrons. The average Bonchev–Trinajstić information content (AvgIpc) is 2.83. The van der Waals surface area contributed by atoms with Gasteiger partial charge in [-0.05, 0) is 43.3 Å². The molecule has 3 rings (SSSR count). The van der Waals surface area contributed by atoms with E-state index in [1.165, 1.54) is 22.0 Å². The van der Waals surface area contributed by atoms with Crippen LogP contribution in [0.1, 0.15) is 22.6 Å². The third kappa shape index (κ3) is 1.56. The first-order chi connectivity index (χ1) is 7.74. The molecule has 2 heterocycles. The van der Waals surface area contributed by atoms with Gasteiger partial charge in [-0.15, -0.1) is 0 Å². The molecule has 2 aromatic rings. The standard InChI is InChI=1S/C11H13N3OS/c1-6-5-13-11(15-6)10-8-3-2-7(12)4-9(8)16-14-10/h5,7H,2-4,12H2,1H3. The van der Waals surface area contributed by atoms with Crippen LogP contribution in [-0.4, -0.2) is 15.4 Å². The molecule has 2 N–H and O–H groups in total. The van der Waals surface area contributed by atoms with Gasteiger partial charge < -0.3 is 10.2 Å². The summed E-state index contributed by atoms with van der Waals surface area (Å²) < 4.78 is 9.97. The van der Waals surface area contributed by atoms with Crippen LogP contribution < -0.4 is 5.73 Å². The lowest BCUT2D eigenvalue weighted by Gasteiger charge is -2.17. The molecule has 1 aliphatic carbocycles. The van der Waals surface area contributed by atoms with Crippen LogP contribution in [0.2, 0.25) is 0 Å². The summed E-state index contributed by atoms with van der Waals surface area (Å²) in [7, 11) is 0. The van der Waals surface area contributed by atoms with Gasteiger partial charge in [0.15, 0.2) is 0 Å². The van der Waals surface area contributed by atoms with E-state index in [1.54, 1.807) is 6.20 Å². The van der Waals surface area contributed by atoms with Crippen molar-refractivity contribution in [3.8, 4) is 11.6 Å². The van der Waals surface area contributed by atoms with Gasteiger partial charge in [-0.25, -0.2) is 4.98 Å². The molecule has 1 atom stereocenters. The van der Waals surface area contributed by atoms with Crippen LogP contribution in [-0.2, 0) is 12.8 Å². The van der Waals surface area contributed by atoms with E-state index in [0.29, 0.717) is 5.89 Å². The maximum absolute atomic E-state index is 5.94. The highest BCUT2D eigenvalue weighted by molar-refractivity contribution is 7.06. The molecule has 0 spiro atoms. The maximum Gasteiger partial charge on any atom is 0.246 e. The monoisotopic (exact) mass is 235 g/mol. The number of hydrogen-bond donors (Lipinski definition) is 1. The van der Waals surface area contributed by atoms with Crippen molar-refractivity contribution in [3.63, 3.8) is 0 Å². The number of hydrogen-bond acceptors (Lipinski definition) is 5. The fourth-order valence-corrected chi connectivity index (χ4v) is 3.05. The molecule has 0 saturated carbocycles. The van der Waals surface area contributed by atoms with E-state index in [2.05, 4.69) is 9.36 Å². The summed E-state index contributed by atoms with van der Waals surface area (Å²) in [6.07, 6.45) is 4.68. The van der Waals surface area contributed by atoms with Gasteiger partial charge in [0.25, 0.3) is 0 Å². The summed E-state index contributed by atoms with van der Waals surface area (Å²) in [5, 5.41) is 0. The number of aryl methyl sites for hydroxylation is 1. The zero-order valence-corrected chi connectivity index (χ0v) is 9.88. The van der Waals surface area contributed by atoms with E-state index < -0.39 is 0 Å². The van der Waals surface area contributed by atoms with Crippen LogP contribution in [0.15, 0.2) is 10.6 Å². The van der Waals surface area contributed by atoms with Gasteiger partial charge in [-0.2, -0.15) is 4.37 Å². The molecular weight excluding hydrogens is 222 g/mol. The van der Waals surface area contributed by atoms with Crippen molar-refractivity contribution in [1.29, 1.82) is 0 Å². The number of oxazole rings is 1. The minimum atomic E-state index is 0.284. The van der Waals surface area contributed by atoms with E-state index in [1.807, 2.05) is 6.92 Å². The van der Waals surface area contributed by atoms with Crippen molar-refractivity contribution in [1.82, 2.24) is 9.36 Å². The van der Waals surface area contributed by atoms with Crippen molar-refractivity contribution < 1.29 is 4.42 Å². The highest BCUT2D eigenvalue weighted by Gasteiger charge is 2.24. The van der Waals surface area contributed by atoms with E-state index >= 15 is 0 Å². The minimum absolute atomic E-state index is 0.284. The zero-order valence-electron chi connectivity index (χ0n) is 9.06. The zero-order chi connectivity index (χ0) is 11.1. The van der Waals surface area contributed by atoms with Gasteiger partial charge in [0, 0.05) is 10.9 Å². The number of nitrogens with zero attached hydrogens (tertiary/aromatic N) is 2. The predicted octanol–water partition coefficient (Wildman–Crippen LogP) is 1.92. The first-order valence-electron chi connectivity index (χ1n) is 5.40. The fourth-order valence-electron chi connectivity index (χ4n) is 2.06. The Balaban J connectivity index is 2.03. The molecule has 0 bridgehead atoms. The molecule has 1 unspecified atom stereocenters. The Morgan fingerprint density at radius 1 is 1.56 bits per heavy atom. The second kappa shape index (κ2) is 3.68. The number of aromatic nitrogens is 2. The molecule has 0 aromatic carbocycles. The number of rotatable bonds is 1. The van der Waals surface area contributed by atoms with Crippen molar-refractivity contribution in [3.05, 3.63) is 22.4 Å². The molecule has 0 fully saturated rings. The van der Waals surface area contributed by atoms with Crippen LogP contribution >= 0.6 is 11.5 Å². The van der Waals surface area contributed by atoms with Crippen LogP contribution in [0, 0.1) is 6.92 Å². The molecular formula is C11H13N3OS. The van der Waals surface area contributed by atoms with Crippen LogP contribution in [0.5, 0.6) is 0 Å². The van der Waals surface area contributed by atoms with Crippen molar-refractivity contribution in [2.75, 3.05) is 0 Å². The summed E-state index contributed by atoms with van der Waals surface area (Å²) in [6, 6.07) is 0.284. The smallest absolute Gasteiger partial charge is 0.246 e. The molecule has 1 aliphatic rings. The molecule has 16 heavy (non-hydrogen) atoms. The first kappa shape index (κ1) is 9.99. The first-order valence-corrected chi connectivity index (χ1v) is 6.17. The van der Waals surface area contributed by atoms with Gasteiger partial charge in [0.1, 0.15) is 11.5 Å². The lowest BCUT2D eigenvalue weighted by molar-refractivity contribution is 0.537. The van der Waals surface area contributed by atoms with Crippen molar-refractivity contribution >= 4 is 11.5 Å². The molecule has 4 nitrogen and oxygen atoms in total. The van der Waals surface area contributed by atoms with E-state index in [-0.39, 0.29) is 6.04 Å². The van der Waals surface area contributed by atoms with Gasteiger partial charge in [-0.3, -0.25) is 0 Å². The van der Waals surface area contributed by atoms with Crippen LogP contribution in [0.4, 0.5) is 0 Å². The third-order valence-corrected chi connectivity index (χ3v) is 3.81. The summed E-state index contributed by atoms with van der Waals surface area (Å²) in [5.41, 5.74) is 8.14. The summed E-state index contributed by atoms with van der Waals surface area (Å²) in [4.78, 5) is 5.53. The van der Waals surface area contributed by atoms with Gasteiger partial charge in [0.2, 0.25) is 5.89 Å². The normalized spacial score (nSPS) is 19.8. The number of nitrogens with two attached hydrogens (primary N) is 1. The molecule has 0 saturated heterocycles. The van der Waals surface area contributed by atoms with Crippen LogP contribution in [0.3, 0.4) is 0 Å². The lowest BCUT2D eigenvalue weighted by Crippen LogP contribution is -2.26. The SMILES string of the molecule is Cc1cnc(-c2nsc3c2CCC(N)C3)o1. The van der Waals surface area contributed by atoms with Crippen molar-refractivity contribution in [2.45, 2.75) is 32.2 Å². The largest absolute Gasteiger partial charge is 0.440 e. The predicted molar refractivity (Wildman–Crippen MR) is 62.3 cm³/mol. The molecule has 2 aromatic heterocycles. The Morgan fingerprint density at radius 2 is 2.44 bits per heavy atom.